The Kier molecular flexibility index (Phi) is 11.0. The van der Waals surface area contributed by atoms with Crippen LogP contribution in [0.4, 0.5) is 11.8 Å². The molecule has 1 saturated heterocycles. The van der Waals surface area contributed by atoms with Crippen LogP contribution >= 0.6 is 0 Å². The van der Waals surface area contributed by atoms with Crippen molar-refractivity contribution in [1.82, 2.24) is 14.5 Å². The number of carbonyl (C=O) groups is 1. The summed E-state index contributed by atoms with van der Waals surface area (Å²) in [5, 5.41) is 3.46. The Morgan fingerprint density at radius 2 is 2.05 bits per heavy atom. The number of unbranched alkanes of at least 4 members (excludes halogenated alkanes) is 2. The summed E-state index contributed by atoms with van der Waals surface area (Å²) in [7, 11) is 1.68. The molecule has 1 aromatic carbocycles. The van der Waals surface area contributed by atoms with E-state index in [2.05, 4.69) is 32.8 Å². The van der Waals surface area contributed by atoms with Gasteiger partial charge in [-0.3, -0.25) is 4.79 Å². The van der Waals surface area contributed by atoms with Gasteiger partial charge in [0.1, 0.15) is 11.3 Å². The third-order valence-corrected chi connectivity index (χ3v) is 7.20. The lowest BCUT2D eigenvalue weighted by Crippen LogP contribution is -2.44. The van der Waals surface area contributed by atoms with Crippen LogP contribution in [0.3, 0.4) is 0 Å². The van der Waals surface area contributed by atoms with Gasteiger partial charge in [0.15, 0.2) is 11.6 Å². The Balaban J connectivity index is 1.51. The minimum Gasteiger partial charge on any atom is -0.496 e. The highest BCUT2D eigenvalue weighted by atomic mass is 16.7. The maximum Gasteiger partial charge on any atom is 0.308 e. The second-order valence-electron chi connectivity index (χ2n) is 12.0. The van der Waals surface area contributed by atoms with Crippen LogP contribution in [-0.2, 0) is 25.5 Å². The number of fused-ring (bicyclic) bond motifs is 1. The number of aromatic nitrogens is 3. The molecule has 43 heavy (non-hydrogen) atoms. The van der Waals surface area contributed by atoms with Gasteiger partial charge in [-0.1, -0.05) is 51.8 Å². The molecule has 2 aromatic heterocycles. The van der Waals surface area contributed by atoms with Crippen molar-refractivity contribution >= 4 is 34.8 Å². The zero-order valence-electron chi connectivity index (χ0n) is 26.4. The number of benzene rings is 1. The monoisotopic (exact) mass is 593 g/mol. The van der Waals surface area contributed by atoms with Gasteiger partial charge in [-0.15, -0.1) is 0 Å². The molecule has 1 aliphatic rings. The minimum absolute atomic E-state index is 0.201. The number of nitrogen functional groups attached to an aromatic ring is 1. The van der Waals surface area contributed by atoms with E-state index in [0.29, 0.717) is 25.5 Å². The molecule has 0 spiro atoms. The summed E-state index contributed by atoms with van der Waals surface area (Å²) in [4.78, 5) is 21.3. The number of nitrogens with zero attached hydrogens (tertiary/aromatic N) is 3. The van der Waals surface area contributed by atoms with Gasteiger partial charge in [-0.05, 0) is 49.9 Å². The summed E-state index contributed by atoms with van der Waals surface area (Å²) in [6, 6.07) is 8.06. The Labute approximate surface area is 255 Å². The molecule has 0 bridgehead atoms. The van der Waals surface area contributed by atoms with Gasteiger partial charge in [0, 0.05) is 24.7 Å². The van der Waals surface area contributed by atoms with Crippen LogP contribution in [0.25, 0.3) is 17.1 Å². The van der Waals surface area contributed by atoms with Crippen molar-refractivity contribution in [1.29, 1.82) is 0 Å². The third-order valence-electron chi connectivity index (χ3n) is 7.20. The molecule has 1 fully saturated rings. The molecule has 0 radical (unpaired) electrons. The average molecular weight is 594 g/mol. The van der Waals surface area contributed by atoms with Crippen LogP contribution < -0.4 is 15.8 Å². The number of rotatable bonds is 14. The van der Waals surface area contributed by atoms with Crippen LogP contribution in [0.1, 0.15) is 77.8 Å². The Morgan fingerprint density at radius 3 is 2.79 bits per heavy atom. The fourth-order valence-electron chi connectivity index (χ4n) is 5.29. The highest BCUT2D eigenvalue weighted by Crippen LogP contribution is 2.31. The minimum atomic E-state index is -0.815. The van der Waals surface area contributed by atoms with Crippen molar-refractivity contribution in [2.75, 3.05) is 31.3 Å². The van der Waals surface area contributed by atoms with Gasteiger partial charge in [0.05, 0.1) is 44.4 Å². The normalized spacial score (nSPS) is 18.4. The molecule has 234 valence electrons. The zero-order chi connectivity index (χ0) is 31.0. The molecule has 10 heteroatoms. The zero-order valence-corrected chi connectivity index (χ0v) is 26.4. The largest absolute Gasteiger partial charge is 0.496 e. The lowest BCUT2D eigenvalue weighted by Gasteiger charge is -2.39. The predicted molar refractivity (Wildman–Crippen MR) is 170 cm³/mol. The van der Waals surface area contributed by atoms with E-state index in [0.717, 1.165) is 59.5 Å². The molecule has 0 saturated carbocycles. The van der Waals surface area contributed by atoms with Gasteiger partial charge < -0.3 is 34.6 Å². The van der Waals surface area contributed by atoms with Crippen LogP contribution in [0.15, 0.2) is 36.5 Å². The Hall–Kier alpha value is -3.63. The van der Waals surface area contributed by atoms with E-state index in [1.165, 1.54) is 0 Å². The first kappa shape index (κ1) is 32.3. The fraction of sp³-hybridized carbons (Fsp3) is 0.545. The van der Waals surface area contributed by atoms with Gasteiger partial charge in [-0.2, -0.15) is 4.98 Å². The van der Waals surface area contributed by atoms with Crippen molar-refractivity contribution in [3.63, 3.8) is 0 Å². The number of nitrogens with two attached hydrogens (primary N) is 1. The maximum absolute atomic E-state index is 12.3. The number of ether oxygens (including phenoxy) is 4. The molecule has 4 rings (SSSR count). The van der Waals surface area contributed by atoms with E-state index >= 15 is 0 Å². The van der Waals surface area contributed by atoms with Crippen LogP contribution in [0.5, 0.6) is 5.75 Å². The van der Waals surface area contributed by atoms with Crippen LogP contribution in [0, 0.1) is 5.92 Å². The Bertz CT molecular complexity index is 1400. The first-order valence-electron chi connectivity index (χ1n) is 15.3. The summed E-state index contributed by atoms with van der Waals surface area (Å²) in [6.07, 6.45) is 9.70. The van der Waals surface area contributed by atoms with Crippen molar-refractivity contribution in [3.8, 4) is 5.75 Å². The summed E-state index contributed by atoms with van der Waals surface area (Å²) in [6.45, 7) is 11.7. The average Bonchev–Trinajstić information content (AvgIpc) is 3.34. The first-order chi connectivity index (χ1) is 20.6. The molecule has 2 unspecified atom stereocenters. The summed E-state index contributed by atoms with van der Waals surface area (Å²) in [5.74, 6) is 1.00. The number of nitrogens with one attached hydrogen (secondary N) is 1. The van der Waals surface area contributed by atoms with Crippen molar-refractivity contribution in [3.05, 3.63) is 47.7 Å². The molecule has 3 N–H and O–H groups in total. The quantitative estimate of drug-likeness (QED) is 0.166. The smallest absolute Gasteiger partial charge is 0.308 e. The molecule has 0 amide bonds. The number of anilines is 2. The number of hydrogen-bond acceptors (Lipinski definition) is 9. The highest BCUT2D eigenvalue weighted by Gasteiger charge is 2.35. The van der Waals surface area contributed by atoms with E-state index in [1.807, 2.05) is 64.2 Å². The first-order valence-corrected chi connectivity index (χ1v) is 15.3. The molecule has 3 aromatic rings. The molecular weight excluding hydrogens is 546 g/mol. The van der Waals surface area contributed by atoms with E-state index in [9.17, 15) is 4.79 Å². The number of methoxy groups -OCH3 is 1. The second kappa shape index (κ2) is 14.7. The van der Waals surface area contributed by atoms with Gasteiger partial charge in [0.2, 0.25) is 5.95 Å². The van der Waals surface area contributed by atoms with Crippen molar-refractivity contribution in [2.24, 2.45) is 5.92 Å². The second-order valence-corrected chi connectivity index (χ2v) is 12.0. The fourth-order valence-corrected chi connectivity index (χ4v) is 5.29. The van der Waals surface area contributed by atoms with E-state index < -0.39 is 5.79 Å². The SMILES string of the molecule is CCCCCNc1nc(N)nc2ccn(Cc3cc(C=CC4CC(CC(=O)OCC(C)C)OC(C)(C)O4)ccc3OC)c12. The van der Waals surface area contributed by atoms with Gasteiger partial charge in [0.25, 0.3) is 0 Å². The number of hydrogen-bond donors (Lipinski definition) is 2. The van der Waals surface area contributed by atoms with Crippen molar-refractivity contribution in [2.45, 2.75) is 91.3 Å². The topological polar surface area (TPSA) is 123 Å². The predicted octanol–water partition coefficient (Wildman–Crippen LogP) is 6.19. The summed E-state index contributed by atoms with van der Waals surface area (Å²) in [5.41, 5.74) is 9.73. The Morgan fingerprint density at radius 1 is 1.23 bits per heavy atom. The summed E-state index contributed by atoms with van der Waals surface area (Å²) < 4.78 is 25.4. The lowest BCUT2D eigenvalue weighted by atomic mass is 10.0. The molecule has 0 aliphatic carbocycles. The molecule has 2 atom stereocenters. The summed E-state index contributed by atoms with van der Waals surface area (Å²) >= 11 is 0. The number of esters is 1. The van der Waals surface area contributed by atoms with Crippen LogP contribution in [-0.4, -0.2) is 58.8 Å². The van der Waals surface area contributed by atoms with Gasteiger partial charge in [-0.25, -0.2) is 4.98 Å². The third kappa shape index (κ3) is 9.18. The highest BCUT2D eigenvalue weighted by molar-refractivity contribution is 5.87. The van der Waals surface area contributed by atoms with Crippen LogP contribution in [0.2, 0.25) is 0 Å². The van der Waals surface area contributed by atoms with E-state index in [4.69, 9.17) is 24.7 Å². The molecule has 10 nitrogen and oxygen atoms in total. The lowest BCUT2D eigenvalue weighted by molar-refractivity contribution is -0.290. The van der Waals surface area contributed by atoms with E-state index in [-0.39, 0.29) is 30.5 Å². The van der Waals surface area contributed by atoms with E-state index in [1.54, 1.807) is 7.11 Å². The standard InChI is InChI=1S/C33H47N5O5/c1-7-8-9-15-35-31-30-27(36-32(34)37-31)14-16-38(30)20-24-17-23(11-13-28(24)40-6)10-12-25-18-26(43-33(4,5)42-25)19-29(39)41-21-22(2)3/h10-14,16-17,22,25-26H,7-9,15,18-21H2,1-6H3,(H3,34,35,36,37). The van der Waals surface area contributed by atoms with Crippen molar-refractivity contribution < 1.29 is 23.7 Å². The molecule has 1 aliphatic heterocycles. The van der Waals surface area contributed by atoms with Gasteiger partial charge >= 0.3 is 5.97 Å². The maximum atomic E-state index is 12.3. The molecular formula is C33H47N5O5. The number of carbonyl (C=O) groups excluding carboxylic acids is 1. The molecule has 3 heterocycles.